The summed E-state index contributed by atoms with van der Waals surface area (Å²) in [7, 11) is 1.67. The summed E-state index contributed by atoms with van der Waals surface area (Å²) in [6.07, 6.45) is 0.287. The third kappa shape index (κ3) is 9.28. The predicted molar refractivity (Wildman–Crippen MR) is 101 cm³/mol. The molecule has 0 radical (unpaired) electrons. The van der Waals surface area contributed by atoms with Crippen LogP contribution in [-0.4, -0.2) is 44.3 Å². The van der Waals surface area contributed by atoms with E-state index >= 15 is 0 Å². The lowest BCUT2D eigenvalue weighted by atomic mass is 10.1. The topological polar surface area (TPSA) is 74.8 Å². The van der Waals surface area contributed by atoms with Gasteiger partial charge in [-0.2, -0.15) is 0 Å². The van der Waals surface area contributed by atoms with E-state index in [0.29, 0.717) is 30.1 Å². The number of alkyl carbamates (subject to hydrolysis) is 1. The van der Waals surface area contributed by atoms with Gasteiger partial charge in [-0.1, -0.05) is 6.07 Å². The molecule has 0 saturated heterocycles. The van der Waals surface area contributed by atoms with Crippen LogP contribution in [0.3, 0.4) is 0 Å². The monoisotopic (exact) mass is 416 g/mol. The third-order valence-corrected chi connectivity index (χ3v) is 3.61. The number of nitrogens with zero attached hydrogens (tertiary/aromatic N) is 1. The van der Waals surface area contributed by atoms with Crippen LogP contribution in [0, 0.1) is 5.82 Å². The maximum absolute atomic E-state index is 13.2. The number of halogens is 2. The summed E-state index contributed by atoms with van der Waals surface area (Å²) in [5.74, 6) is 0.360. The number of hydrogen-bond donors (Lipinski definition) is 3. The number of hydrogen-bond acceptors (Lipinski definition) is 3. The van der Waals surface area contributed by atoms with Crippen molar-refractivity contribution in [1.29, 1.82) is 0 Å². The zero-order valence-electron chi connectivity index (χ0n) is 15.1. The molecule has 0 atom stereocenters. The molecule has 1 aromatic rings. The largest absolute Gasteiger partial charge is 0.444 e. The van der Waals surface area contributed by atoms with Crippen molar-refractivity contribution in [3.63, 3.8) is 0 Å². The Morgan fingerprint density at radius 2 is 1.84 bits per heavy atom. The molecule has 0 aliphatic carbocycles. The van der Waals surface area contributed by atoms with E-state index in [1.807, 2.05) is 20.8 Å². The van der Waals surface area contributed by atoms with Crippen molar-refractivity contribution in [3.05, 3.63) is 34.1 Å². The number of aliphatic imine (C=N–C) groups is 1. The zero-order valence-corrected chi connectivity index (χ0v) is 16.7. The van der Waals surface area contributed by atoms with Crippen molar-refractivity contribution in [2.24, 2.45) is 4.99 Å². The molecule has 1 amide bonds. The zero-order chi connectivity index (χ0) is 18.9. The maximum Gasteiger partial charge on any atom is 0.407 e. The standard InChI is InChI=1S/C17H26BrFN4O2/c1-17(2,3)25-16(24)23-10-9-22-15(20-4)21-8-7-12-5-6-14(19)13(18)11-12/h5-6,11H,7-10H2,1-4H3,(H,23,24)(H2,20,21,22). The second-order valence-corrected chi connectivity index (χ2v) is 7.21. The van der Waals surface area contributed by atoms with Crippen LogP contribution in [0.15, 0.2) is 27.7 Å². The Bertz CT molecular complexity index is 603. The molecule has 0 aromatic heterocycles. The van der Waals surface area contributed by atoms with E-state index in [-0.39, 0.29) is 5.82 Å². The molecule has 6 nitrogen and oxygen atoms in total. The number of nitrogens with one attached hydrogen (secondary N) is 3. The summed E-state index contributed by atoms with van der Waals surface area (Å²) in [6, 6.07) is 4.95. The normalized spacial score (nSPS) is 11.8. The second kappa shape index (κ2) is 10.2. The molecular formula is C17H26BrFN4O2. The molecule has 1 rings (SSSR count). The highest BCUT2D eigenvalue weighted by molar-refractivity contribution is 9.10. The maximum atomic E-state index is 13.2. The average molecular weight is 417 g/mol. The van der Waals surface area contributed by atoms with Crippen LogP contribution in [0.2, 0.25) is 0 Å². The summed E-state index contributed by atoms with van der Waals surface area (Å²) in [5.41, 5.74) is 0.507. The first-order valence-electron chi connectivity index (χ1n) is 8.06. The Balaban J connectivity index is 2.24. The molecule has 1 aromatic carbocycles. The van der Waals surface area contributed by atoms with Gasteiger partial charge in [-0.05, 0) is 60.8 Å². The van der Waals surface area contributed by atoms with Gasteiger partial charge in [-0.3, -0.25) is 4.99 Å². The third-order valence-electron chi connectivity index (χ3n) is 3.00. The average Bonchev–Trinajstić information content (AvgIpc) is 2.51. The number of rotatable bonds is 6. The van der Waals surface area contributed by atoms with Gasteiger partial charge < -0.3 is 20.7 Å². The Hall–Kier alpha value is -1.83. The fourth-order valence-electron chi connectivity index (χ4n) is 1.90. The van der Waals surface area contributed by atoms with Crippen molar-refractivity contribution in [3.8, 4) is 0 Å². The van der Waals surface area contributed by atoms with Gasteiger partial charge in [0.05, 0.1) is 4.47 Å². The van der Waals surface area contributed by atoms with E-state index in [9.17, 15) is 9.18 Å². The van der Waals surface area contributed by atoms with Crippen molar-refractivity contribution < 1.29 is 13.9 Å². The molecule has 140 valence electrons. The van der Waals surface area contributed by atoms with Gasteiger partial charge in [0.1, 0.15) is 11.4 Å². The first kappa shape index (κ1) is 21.2. The van der Waals surface area contributed by atoms with E-state index in [1.165, 1.54) is 6.07 Å². The molecule has 8 heteroatoms. The Morgan fingerprint density at radius 1 is 1.20 bits per heavy atom. The number of amides is 1. The minimum Gasteiger partial charge on any atom is -0.444 e. The predicted octanol–water partition coefficient (Wildman–Crippen LogP) is 2.82. The van der Waals surface area contributed by atoms with Crippen molar-refractivity contribution >= 4 is 28.0 Å². The molecule has 3 N–H and O–H groups in total. The van der Waals surface area contributed by atoms with Crippen LogP contribution in [0.5, 0.6) is 0 Å². The summed E-state index contributed by atoms with van der Waals surface area (Å²) < 4.78 is 18.8. The number of ether oxygens (including phenoxy) is 1. The van der Waals surface area contributed by atoms with E-state index in [1.54, 1.807) is 19.2 Å². The first-order chi connectivity index (χ1) is 11.7. The van der Waals surface area contributed by atoms with Crippen molar-refractivity contribution in [2.75, 3.05) is 26.7 Å². The molecule has 0 aliphatic rings. The summed E-state index contributed by atoms with van der Waals surface area (Å²) in [6.45, 7) is 7.03. The van der Waals surface area contributed by atoms with Gasteiger partial charge in [0.15, 0.2) is 5.96 Å². The molecule has 0 spiro atoms. The summed E-state index contributed by atoms with van der Waals surface area (Å²) >= 11 is 3.18. The van der Waals surface area contributed by atoms with Gasteiger partial charge in [0.25, 0.3) is 0 Å². The van der Waals surface area contributed by atoms with E-state index in [4.69, 9.17) is 4.74 Å². The summed E-state index contributed by atoms with van der Waals surface area (Å²) in [5, 5.41) is 8.92. The lowest BCUT2D eigenvalue weighted by molar-refractivity contribution is 0.0529. The number of guanidine groups is 1. The Kier molecular flexibility index (Phi) is 8.68. The lowest BCUT2D eigenvalue weighted by Gasteiger charge is -2.19. The van der Waals surface area contributed by atoms with E-state index < -0.39 is 11.7 Å². The first-order valence-corrected chi connectivity index (χ1v) is 8.86. The molecule has 0 unspecified atom stereocenters. The fraction of sp³-hybridized carbons (Fsp3) is 0.529. The molecule has 0 heterocycles. The fourth-order valence-corrected chi connectivity index (χ4v) is 2.33. The van der Waals surface area contributed by atoms with Crippen molar-refractivity contribution in [2.45, 2.75) is 32.8 Å². The van der Waals surface area contributed by atoms with Gasteiger partial charge in [-0.25, -0.2) is 9.18 Å². The van der Waals surface area contributed by atoms with Crippen LogP contribution >= 0.6 is 15.9 Å². The van der Waals surface area contributed by atoms with Crippen LogP contribution in [0.1, 0.15) is 26.3 Å². The van der Waals surface area contributed by atoms with Crippen LogP contribution in [0.4, 0.5) is 9.18 Å². The SMILES string of the molecule is CN=C(NCCNC(=O)OC(C)(C)C)NCCc1ccc(F)c(Br)c1. The summed E-state index contributed by atoms with van der Waals surface area (Å²) in [4.78, 5) is 15.6. The number of carbonyl (C=O) groups excluding carboxylic acids is 1. The van der Waals surface area contributed by atoms with E-state index in [2.05, 4.69) is 36.9 Å². The Morgan fingerprint density at radius 3 is 2.44 bits per heavy atom. The van der Waals surface area contributed by atoms with Gasteiger partial charge in [-0.15, -0.1) is 0 Å². The number of benzene rings is 1. The molecular weight excluding hydrogens is 391 g/mol. The lowest BCUT2D eigenvalue weighted by Crippen LogP contribution is -2.43. The molecule has 0 bridgehead atoms. The van der Waals surface area contributed by atoms with Gasteiger partial charge in [0, 0.05) is 26.7 Å². The molecule has 25 heavy (non-hydrogen) atoms. The van der Waals surface area contributed by atoms with Crippen LogP contribution < -0.4 is 16.0 Å². The van der Waals surface area contributed by atoms with Crippen LogP contribution in [-0.2, 0) is 11.2 Å². The molecule has 0 fully saturated rings. The quantitative estimate of drug-likeness (QED) is 0.378. The highest BCUT2D eigenvalue weighted by atomic mass is 79.9. The van der Waals surface area contributed by atoms with Crippen molar-refractivity contribution in [1.82, 2.24) is 16.0 Å². The molecule has 0 aliphatic heterocycles. The minimum atomic E-state index is -0.509. The second-order valence-electron chi connectivity index (χ2n) is 6.35. The smallest absolute Gasteiger partial charge is 0.407 e. The van der Waals surface area contributed by atoms with Crippen LogP contribution in [0.25, 0.3) is 0 Å². The molecule has 0 saturated carbocycles. The van der Waals surface area contributed by atoms with E-state index in [0.717, 1.165) is 12.0 Å². The Labute approximate surface area is 156 Å². The highest BCUT2D eigenvalue weighted by Gasteiger charge is 2.15. The van der Waals surface area contributed by atoms with Gasteiger partial charge in [0.2, 0.25) is 0 Å². The highest BCUT2D eigenvalue weighted by Crippen LogP contribution is 2.16. The minimum absolute atomic E-state index is 0.272. The van der Waals surface area contributed by atoms with Gasteiger partial charge >= 0.3 is 6.09 Å². The number of carbonyl (C=O) groups is 1.